The lowest BCUT2D eigenvalue weighted by molar-refractivity contribution is 0.0828. The summed E-state index contributed by atoms with van der Waals surface area (Å²) in [5.74, 6) is 0.631. The summed E-state index contributed by atoms with van der Waals surface area (Å²) in [6, 6.07) is 23.0. The third-order valence-electron chi connectivity index (χ3n) is 5.51. The number of nitrogens with one attached hydrogen (secondary N) is 2. The first-order valence-corrected chi connectivity index (χ1v) is 11.6. The van der Waals surface area contributed by atoms with Gasteiger partial charge in [-0.2, -0.15) is 0 Å². The van der Waals surface area contributed by atoms with E-state index in [9.17, 15) is 9.59 Å². The molecule has 0 spiro atoms. The summed E-state index contributed by atoms with van der Waals surface area (Å²) in [6.07, 6.45) is 3.84. The summed E-state index contributed by atoms with van der Waals surface area (Å²) in [6.45, 7) is 2.42. The van der Waals surface area contributed by atoms with Crippen LogP contribution in [0, 0.1) is 6.92 Å². The quantitative estimate of drug-likeness (QED) is 0.307. The Labute approximate surface area is 212 Å². The number of rotatable bonds is 8. The van der Waals surface area contributed by atoms with Gasteiger partial charge in [0.05, 0.1) is 5.69 Å². The molecular formula is C28H24N4O5. The molecule has 5 rings (SSSR count). The number of hydrogen-bond donors (Lipinski definition) is 2. The van der Waals surface area contributed by atoms with Crippen molar-refractivity contribution in [2.24, 2.45) is 0 Å². The molecule has 0 atom stereocenters. The number of benzene rings is 2. The summed E-state index contributed by atoms with van der Waals surface area (Å²) in [5.41, 5.74) is 7.77. The third-order valence-corrected chi connectivity index (χ3v) is 5.51. The van der Waals surface area contributed by atoms with Gasteiger partial charge in [-0.15, -0.1) is 0 Å². The highest BCUT2D eigenvalue weighted by Crippen LogP contribution is 2.17. The lowest BCUT2D eigenvalue weighted by atomic mass is 10.2. The molecule has 5 aromatic rings. The Morgan fingerprint density at radius 3 is 2.49 bits per heavy atom. The van der Waals surface area contributed by atoms with E-state index < -0.39 is 11.8 Å². The van der Waals surface area contributed by atoms with Gasteiger partial charge in [0.1, 0.15) is 36.1 Å². The minimum atomic E-state index is -0.589. The lowest BCUT2D eigenvalue weighted by Gasteiger charge is -2.08. The average Bonchev–Trinajstić information content (AvgIpc) is 3.58. The highest BCUT2D eigenvalue weighted by molar-refractivity contribution is 5.98. The fourth-order valence-electron chi connectivity index (χ4n) is 3.65. The number of hydrazine groups is 1. The molecule has 0 unspecified atom stereocenters. The van der Waals surface area contributed by atoms with Crippen LogP contribution < -0.4 is 20.3 Å². The van der Waals surface area contributed by atoms with Gasteiger partial charge in [-0.25, -0.2) is 4.98 Å². The second kappa shape index (κ2) is 10.7. The number of para-hydroxylation sites is 1. The normalized spacial score (nSPS) is 10.7. The molecule has 9 heteroatoms. The molecule has 2 amide bonds. The largest absolute Gasteiger partial charge is 0.487 e. The predicted molar refractivity (Wildman–Crippen MR) is 135 cm³/mol. The standard InChI is InChI=1S/C28H24N4O5/c1-19-7-6-14-32-16-21(29-26(19)32)17-35-23-11-5-8-20(15-23)27(33)30-31-28(34)25-13-12-24(37-25)18-36-22-9-3-2-4-10-22/h2-16H,17-18H2,1H3,(H,30,33)(H,31,34). The van der Waals surface area contributed by atoms with Gasteiger partial charge >= 0.3 is 5.91 Å². The zero-order valence-electron chi connectivity index (χ0n) is 20.0. The van der Waals surface area contributed by atoms with Crippen LogP contribution in [0.3, 0.4) is 0 Å². The zero-order chi connectivity index (χ0) is 25.6. The van der Waals surface area contributed by atoms with E-state index >= 15 is 0 Å². The van der Waals surface area contributed by atoms with Crippen LogP contribution in [0.5, 0.6) is 11.5 Å². The van der Waals surface area contributed by atoms with Crippen molar-refractivity contribution in [2.75, 3.05) is 0 Å². The van der Waals surface area contributed by atoms with Gasteiger partial charge in [0.2, 0.25) is 0 Å². The van der Waals surface area contributed by atoms with Crippen molar-refractivity contribution in [3.63, 3.8) is 0 Å². The number of furan rings is 1. The molecule has 9 nitrogen and oxygen atoms in total. The van der Waals surface area contributed by atoms with E-state index in [1.54, 1.807) is 30.3 Å². The van der Waals surface area contributed by atoms with Gasteiger partial charge in [-0.3, -0.25) is 20.4 Å². The molecule has 0 saturated carbocycles. The van der Waals surface area contributed by atoms with Crippen LogP contribution >= 0.6 is 0 Å². The molecule has 0 saturated heterocycles. The van der Waals surface area contributed by atoms with Crippen molar-refractivity contribution in [2.45, 2.75) is 20.1 Å². The Balaban J connectivity index is 1.13. The number of imidazole rings is 1. The first-order valence-electron chi connectivity index (χ1n) is 11.6. The van der Waals surface area contributed by atoms with Crippen molar-refractivity contribution >= 4 is 17.5 Å². The minimum Gasteiger partial charge on any atom is -0.487 e. The van der Waals surface area contributed by atoms with Crippen LogP contribution in [0.4, 0.5) is 0 Å². The fourth-order valence-corrected chi connectivity index (χ4v) is 3.65. The smallest absolute Gasteiger partial charge is 0.305 e. The highest BCUT2D eigenvalue weighted by Gasteiger charge is 2.14. The molecule has 2 N–H and O–H groups in total. The predicted octanol–water partition coefficient (Wildman–Crippen LogP) is 4.47. The van der Waals surface area contributed by atoms with Crippen LogP contribution in [-0.2, 0) is 13.2 Å². The monoisotopic (exact) mass is 496 g/mol. The molecule has 0 aliphatic carbocycles. The number of ether oxygens (including phenoxy) is 2. The first-order chi connectivity index (χ1) is 18.0. The molecule has 0 aliphatic heterocycles. The van der Waals surface area contributed by atoms with Crippen molar-refractivity contribution in [1.82, 2.24) is 20.2 Å². The number of amides is 2. The average molecular weight is 497 g/mol. The van der Waals surface area contributed by atoms with Gasteiger partial charge in [0.25, 0.3) is 5.91 Å². The second-order valence-electron chi connectivity index (χ2n) is 8.25. The molecule has 0 aliphatic rings. The van der Waals surface area contributed by atoms with Gasteiger partial charge in [-0.1, -0.05) is 30.3 Å². The summed E-state index contributed by atoms with van der Waals surface area (Å²) in [7, 11) is 0. The number of nitrogens with zero attached hydrogens (tertiary/aromatic N) is 2. The molecule has 186 valence electrons. The molecule has 2 aromatic carbocycles. The van der Waals surface area contributed by atoms with Gasteiger partial charge in [0.15, 0.2) is 5.76 Å². The summed E-state index contributed by atoms with van der Waals surface area (Å²) < 4.78 is 18.9. The van der Waals surface area contributed by atoms with Crippen molar-refractivity contribution in [1.29, 1.82) is 0 Å². The number of carbonyl (C=O) groups excluding carboxylic acids is 2. The Morgan fingerprint density at radius 1 is 0.865 bits per heavy atom. The maximum atomic E-state index is 12.6. The topological polar surface area (TPSA) is 107 Å². The summed E-state index contributed by atoms with van der Waals surface area (Å²) >= 11 is 0. The number of pyridine rings is 1. The Bertz CT molecular complexity index is 1540. The van der Waals surface area contributed by atoms with Crippen molar-refractivity contribution < 1.29 is 23.5 Å². The molecule has 3 aromatic heterocycles. The molecule has 3 heterocycles. The first kappa shape index (κ1) is 23.7. The Morgan fingerprint density at radius 2 is 1.65 bits per heavy atom. The Kier molecular flexibility index (Phi) is 6.84. The van der Waals surface area contributed by atoms with Crippen molar-refractivity contribution in [3.8, 4) is 11.5 Å². The summed E-state index contributed by atoms with van der Waals surface area (Å²) in [4.78, 5) is 29.6. The number of hydrogen-bond acceptors (Lipinski definition) is 6. The van der Waals surface area contributed by atoms with E-state index in [0.29, 0.717) is 22.8 Å². The lowest BCUT2D eigenvalue weighted by Crippen LogP contribution is -2.41. The number of fused-ring (bicyclic) bond motifs is 1. The van der Waals surface area contributed by atoms with E-state index in [-0.39, 0.29) is 19.0 Å². The van der Waals surface area contributed by atoms with Crippen LogP contribution in [0.25, 0.3) is 5.65 Å². The highest BCUT2D eigenvalue weighted by atomic mass is 16.5. The zero-order valence-corrected chi connectivity index (χ0v) is 20.0. The molecule has 0 radical (unpaired) electrons. The molecule has 0 fully saturated rings. The van der Waals surface area contributed by atoms with Gasteiger partial charge in [-0.05, 0) is 61.0 Å². The fraction of sp³-hybridized carbons (Fsp3) is 0.107. The maximum Gasteiger partial charge on any atom is 0.305 e. The number of aryl methyl sites for hydroxylation is 1. The number of carbonyl (C=O) groups is 2. The number of aromatic nitrogens is 2. The van der Waals surface area contributed by atoms with Crippen LogP contribution in [0.2, 0.25) is 0 Å². The summed E-state index contributed by atoms with van der Waals surface area (Å²) in [5, 5.41) is 0. The van der Waals surface area contributed by atoms with Gasteiger partial charge < -0.3 is 18.3 Å². The Hall–Kier alpha value is -5.05. The van der Waals surface area contributed by atoms with Gasteiger partial charge in [0, 0.05) is 18.0 Å². The third kappa shape index (κ3) is 5.79. The SMILES string of the molecule is Cc1cccn2cc(COc3cccc(C(=O)NNC(=O)c4ccc(COc5ccccc5)o4)c3)nc12. The van der Waals surface area contributed by atoms with E-state index in [1.807, 2.05) is 66.2 Å². The van der Waals surface area contributed by atoms with E-state index in [1.165, 1.54) is 6.07 Å². The van der Waals surface area contributed by atoms with Crippen LogP contribution in [-0.4, -0.2) is 21.2 Å². The van der Waals surface area contributed by atoms with E-state index in [0.717, 1.165) is 16.9 Å². The second-order valence-corrected chi connectivity index (χ2v) is 8.25. The minimum absolute atomic E-state index is 0.0479. The van der Waals surface area contributed by atoms with E-state index in [4.69, 9.17) is 13.9 Å². The molecular weight excluding hydrogens is 472 g/mol. The van der Waals surface area contributed by atoms with Crippen LogP contribution in [0.15, 0.2) is 95.7 Å². The van der Waals surface area contributed by atoms with Crippen LogP contribution in [0.1, 0.15) is 37.9 Å². The molecule has 0 bridgehead atoms. The molecule has 37 heavy (non-hydrogen) atoms. The van der Waals surface area contributed by atoms with E-state index in [2.05, 4.69) is 15.8 Å². The van der Waals surface area contributed by atoms with Crippen molar-refractivity contribution in [3.05, 3.63) is 120 Å². The maximum absolute atomic E-state index is 12.6.